The summed E-state index contributed by atoms with van der Waals surface area (Å²) in [5.41, 5.74) is 2.01. The zero-order valence-electron chi connectivity index (χ0n) is 19.5. The van der Waals surface area contributed by atoms with Crippen molar-refractivity contribution >= 4 is 39.1 Å². The lowest BCUT2D eigenvalue weighted by Gasteiger charge is -2.28. The maximum absolute atomic E-state index is 13.0. The van der Waals surface area contributed by atoms with Gasteiger partial charge in [-0.05, 0) is 79.3 Å². The molecular formula is C26H32N2O4S2. The van der Waals surface area contributed by atoms with Crippen LogP contribution in [0.2, 0.25) is 0 Å². The van der Waals surface area contributed by atoms with E-state index in [2.05, 4.69) is 12.2 Å². The molecule has 1 saturated heterocycles. The van der Waals surface area contributed by atoms with Crippen molar-refractivity contribution in [3.63, 3.8) is 0 Å². The first-order valence-electron chi connectivity index (χ1n) is 12.0. The quantitative estimate of drug-likeness (QED) is 0.523. The van der Waals surface area contributed by atoms with Crippen LogP contribution in [-0.4, -0.2) is 55.0 Å². The maximum atomic E-state index is 13.0. The number of amides is 2. The molecule has 34 heavy (non-hydrogen) atoms. The van der Waals surface area contributed by atoms with Crippen LogP contribution in [-0.2, 0) is 21.1 Å². The maximum Gasteiger partial charge on any atom is 0.254 e. The highest BCUT2D eigenvalue weighted by Crippen LogP contribution is 2.32. The number of hydrogen-bond donors (Lipinski definition) is 1. The summed E-state index contributed by atoms with van der Waals surface area (Å²) in [5.74, 6) is 2.46. The Morgan fingerprint density at radius 2 is 1.74 bits per heavy atom. The van der Waals surface area contributed by atoms with Gasteiger partial charge in [0, 0.05) is 29.6 Å². The highest BCUT2D eigenvalue weighted by Gasteiger charge is 2.29. The van der Waals surface area contributed by atoms with E-state index in [1.165, 1.54) is 0 Å². The van der Waals surface area contributed by atoms with Gasteiger partial charge >= 0.3 is 0 Å². The van der Waals surface area contributed by atoms with E-state index in [4.69, 9.17) is 0 Å². The number of carbonyl (C=O) groups excluding carboxylic acids is 2. The number of rotatable bonds is 10. The molecule has 182 valence electrons. The van der Waals surface area contributed by atoms with Crippen molar-refractivity contribution in [3.05, 3.63) is 59.7 Å². The van der Waals surface area contributed by atoms with E-state index in [1.54, 1.807) is 48.5 Å². The number of carbonyl (C=O) groups is 2. The fraction of sp³-hybridized carbons (Fsp3) is 0.462. The molecule has 8 heteroatoms. The van der Waals surface area contributed by atoms with Gasteiger partial charge in [-0.25, -0.2) is 8.42 Å². The number of thioether (sulfide) groups is 1. The minimum atomic E-state index is -3.25. The van der Waals surface area contributed by atoms with E-state index in [9.17, 15) is 18.0 Å². The average molecular weight is 501 g/mol. The van der Waals surface area contributed by atoms with Crippen molar-refractivity contribution in [2.24, 2.45) is 5.92 Å². The van der Waals surface area contributed by atoms with E-state index < -0.39 is 9.84 Å². The first-order valence-corrected chi connectivity index (χ1v) is 14.8. The van der Waals surface area contributed by atoms with Crippen molar-refractivity contribution in [2.45, 2.75) is 50.0 Å². The van der Waals surface area contributed by atoms with Crippen molar-refractivity contribution in [1.82, 2.24) is 4.90 Å². The fourth-order valence-electron chi connectivity index (χ4n) is 4.22. The molecule has 1 N–H and O–H groups in total. The van der Waals surface area contributed by atoms with Gasteiger partial charge in [0.25, 0.3) is 5.91 Å². The Labute approximate surface area is 206 Å². The molecule has 0 spiro atoms. The summed E-state index contributed by atoms with van der Waals surface area (Å²) in [6, 6.07) is 13.9. The van der Waals surface area contributed by atoms with Crippen molar-refractivity contribution in [1.29, 1.82) is 0 Å². The number of anilines is 1. The molecule has 2 aromatic rings. The Morgan fingerprint density at radius 3 is 2.32 bits per heavy atom. The van der Waals surface area contributed by atoms with Gasteiger partial charge in [0.1, 0.15) is 0 Å². The third-order valence-electron chi connectivity index (χ3n) is 6.29. The summed E-state index contributed by atoms with van der Waals surface area (Å²) < 4.78 is 24.8. The lowest BCUT2D eigenvalue weighted by atomic mass is 10.1. The molecule has 1 aliphatic carbocycles. The van der Waals surface area contributed by atoms with Crippen molar-refractivity contribution in [3.8, 4) is 0 Å². The summed E-state index contributed by atoms with van der Waals surface area (Å²) in [5, 5.41) is 2.86. The molecule has 2 fully saturated rings. The van der Waals surface area contributed by atoms with Crippen LogP contribution in [0.3, 0.4) is 0 Å². The lowest BCUT2D eigenvalue weighted by Crippen LogP contribution is -2.40. The van der Waals surface area contributed by atoms with Crippen LogP contribution in [0.5, 0.6) is 0 Å². The zero-order chi connectivity index (χ0) is 24.1. The number of nitrogens with zero attached hydrogens (tertiary/aromatic N) is 1. The SMILES string of the molecule is CCCN(C(=O)c1ccc(NC(=O)Cc2ccc(S(=O)(=O)CC3CC3)cc2)cc1)C1CCSC1. The minimum absolute atomic E-state index is 0.0453. The minimum Gasteiger partial charge on any atom is -0.335 e. The van der Waals surface area contributed by atoms with E-state index in [-0.39, 0.29) is 24.0 Å². The summed E-state index contributed by atoms with van der Waals surface area (Å²) in [6.45, 7) is 2.84. The van der Waals surface area contributed by atoms with Crippen LogP contribution in [0, 0.1) is 5.92 Å². The van der Waals surface area contributed by atoms with E-state index >= 15 is 0 Å². The average Bonchev–Trinajstić information content (AvgIpc) is 3.45. The Kier molecular flexibility index (Phi) is 7.99. The van der Waals surface area contributed by atoms with Gasteiger partial charge < -0.3 is 10.2 Å². The third-order valence-corrected chi connectivity index (χ3v) is 9.33. The molecule has 1 unspecified atom stereocenters. The second kappa shape index (κ2) is 11.0. The van der Waals surface area contributed by atoms with Crippen LogP contribution in [0.25, 0.3) is 0 Å². The predicted octanol–water partition coefficient (Wildman–Crippen LogP) is 4.41. The van der Waals surface area contributed by atoms with Gasteiger partial charge in [-0.2, -0.15) is 11.8 Å². The summed E-state index contributed by atoms with van der Waals surface area (Å²) in [4.78, 5) is 27.8. The first kappa shape index (κ1) is 24.8. The zero-order valence-corrected chi connectivity index (χ0v) is 21.2. The Morgan fingerprint density at radius 1 is 1.03 bits per heavy atom. The van der Waals surface area contributed by atoms with Crippen LogP contribution >= 0.6 is 11.8 Å². The molecule has 0 aromatic heterocycles. The Hall–Kier alpha value is -2.32. The second-order valence-electron chi connectivity index (χ2n) is 9.19. The molecule has 2 aromatic carbocycles. The van der Waals surface area contributed by atoms with Crippen LogP contribution in [0.4, 0.5) is 5.69 Å². The van der Waals surface area contributed by atoms with Gasteiger partial charge in [0.05, 0.1) is 17.1 Å². The third kappa shape index (κ3) is 6.42. The van der Waals surface area contributed by atoms with Crippen LogP contribution in [0.1, 0.15) is 48.5 Å². The lowest BCUT2D eigenvalue weighted by molar-refractivity contribution is -0.115. The Bertz CT molecular complexity index is 1100. The van der Waals surface area contributed by atoms with Gasteiger partial charge in [-0.3, -0.25) is 9.59 Å². The number of benzene rings is 2. The molecule has 1 heterocycles. The molecule has 0 bridgehead atoms. The fourth-order valence-corrected chi connectivity index (χ4v) is 7.14. The molecule has 2 amide bonds. The highest BCUT2D eigenvalue weighted by atomic mass is 32.2. The number of nitrogens with one attached hydrogen (secondary N) is 1. The van der Waals surface area contributed by atoms with Crippen molar-refractivity contribution in [2.75, 3.05) is 29.1 Å². The largest absolute Gasteiger partial charge is 0.335 e. The van der Waals surface area contributed by atoms with Crippen LogP contribution < -0.4 is 5.32 Å². The topological polar surface area (TPSA) is 83.6 Å². The predicted molar refractivity (Wildman–Crippen MR) is 137 cm³/mol. The van der Waals surface area contributed by atoms with E-state index in [1.807, 2.05) is 16.7 Å². The van der Waals surface area contributed by atoms with Gasteiger partial charge in [0.2, 0.25) is 5.91 Å². The molecular weight excluding hydrogens is 468 g/mol. The molecule has 2 aliphatic rings. The second-order valence-corrected chi connectivity index (χ2v) is 12.4. The molecule has 4 rings (SSSR count). The van der Waals surface area contributed by atoms with Gasteiger partial charge in [0.15, 0.2) is 9.84 Å². The summed E-state index contributed by atoms with van der Waals surface area (Å²) in [6.07, 6.45) is 4.09. The molecule has 1 aliphatic heterocycles. The van der Waals surface area contributed by atoms with Gasteiger partial charge in [-0.15, -0.1) is 0 Å². The first-order chi connectivity index (χ1) is 16.4. The van der Waals surface area contributed by atoms with Crippen molar-refractivity contribution < 1.29 is 18.0 Å². The number of sulfone groups is 1. The molecule has 0 radical (unpaired) electrons. The number of hydrogen-bond acceptors (Lipinski definition) is 5. The standard InChI is InChI=1S/C26H32N2O4S2/c1-2-14-28(23-13-15-33-17-23)26(30)21-7-9-22(10-8-21)27-25(29)16-19-5-11-24(12-6-19)34(31,32)18-20-3-4-20/h5-12,20,23H,2-4,13-18H2,1H3,(H,27,29). The molecule has 1 saturated carbocycles. The monoisotopic (exact) mass is 500 g/mol. The smallest absolute Gasteiger partial charge is 0.254 e. The van der Waals surface area contributed by atoms with Gasteiger partial charge in [-0.1, -0.05) is 19.1 Å². The molecule has 6 nitrogen and oxygen atoms in total. The van der Waals surface area contributed by atoms with E-state index in [0.717, 1.165) is 49.3 Å². The normalized spacial score (nSPS) is 18.0. The summed E-state index contributed by atoms with van der Waals surface area (Å²) >= 11 is 1.89. The van der Waals surface area contributed by atoms with Crippen LogP contribution in [0.15, 0.2) is 53.4 Å². The Balaban J connectivity index is 1.33. The highest BCUT2D eigenvalue weighted by molar-refractivity contribution is 7.99. The van der Waals surface area contributed by atoms with E-state index in [0.29, 0.717) is 28.1 Å². The molecule has 1 atom stereocenters. The summed E-state index contributed by atoms with van der Waals surface area (Å²) in [7, 11) is -3.25.